The summed E-state index contributed by atoms with van der Waals surface area (Å²) in [4.78, 5) is 0. The van der Waals surface area contributed by atoms with E-state index >= 15 is 0 Å². The highest BCUT2D eigenvalue weighted by molar-refractivity contribution is 9.10. The van der Waals surface area contributed by atoms with E-state index in [1.807, 2.05) is 13.0 Å². The molecule has 0 fully saturated rings. The van der Waals surface area contributed by atoms with Gasteiger partial charge in [-0.25, -0.2) is 4.39 Å². The summed E-state index contributed by atoms with van der Waals surface area (Å²) < 4.78 is 19.7. The van der Waals surface area contributed by atoms with Crippen LogP contribution in [0.25, 0.3) is 0 Å². The number of benzene rings is 2. The van der Waals surface area contributed by atoms with Gasteiger partial charge >= 0.3 is 0 Å². The van der Waals surface area contributed by atoms with Gasteiger partial charge in [0.25, 0.3) is 0 Å². The molecule has 3 nitrogen and oxygen atoms in total. The van der Waals surface area contributed by atoms with E-state index in [-0.39, 0.29) is 5.75 Å². The fraction of sp³-hybridized carbons (Fsp3) is 0.143. The largest absolute Gasteiger partial charge is 0.491 e. The van der Waals surface area contributed by atoms with Crippen molar-refractivity contribution in [3.63, 3.8) is 0 Å². The Labute approximate surface area is 119 Å². The Morgan fingerprint density at radius 1 is 1.26 bits per heavy atom. The molecule has 0 aliphatic carbocycles. The van der Waals surface area contributed by atoms with Gasteiger partial charge in [0.05, 0.1) is 12.3 Å². The van der Waals surface area contributed by atoms with Gasteiger partial charge in [0.2, 0.25) is 0 Å². The Bertz CT molecular complexity index is 590. The van der Waals surface area contributed by atoms with Crippen molar-refractivity contribution in [3.8, 4) is 5.75 Å². The average Bonchev–Trinajstić information content (AvgIpc) is 2.36. The molecule has 0 radical (unpaired) electrons. The predicted molar refractivity (Wildman–Crippen MR) is 79.4 cm³/mol. The van der Waals surface area contributed by atoms with Crippen LogP contribution in [0.2, 0.25) is 0 Å². The van der Waals surface area contributed by atoms with Crippen molar-refractivity contribution in [3.05, 3.63) is 46.7 Å². The van der Waals surface area contributed by atoms with Crippen LogP contribution in [0.3, 0.4) is 0 Å². The molecule has 2 aromatic rings. The van der Waals surface area contributed by atoms with Gasteiger partial charge in [-0.1, -0.05) is 0 Å². The lowest BCUT2D eigenvalue weighted by atomic mass is 10.2. The van der Waals surface area contributed by atoms with Crippen molar-refractivity contribution < 1.29 is 9.13 Å². The normalized spacial score (nSPS) is 10.3. The van der Waals surface area contributed by atoms with Gasteiger partial charge in [-0.05, 0) is 53.2 Å². The molecule has 0 aromatic heterocycles. The third-order valence-corrected chi connectivity index (χ3v) is 3.16. The van der Waals surface area contributed by atoms with Crippen molar-refractivity contribution in [1.82, 2.24) is 0 Å². The molecule has 0 bridgehead atoms. The molecule has 100 valence electrons. The molecule has 0 unspecified atom stereocenters. The van der Waals surface area contributed by atoms with Crippen LogP contribution in [0.15, 0.2) is 40.9 Å². The fourth-order valence-corrected chi connectivity index (χ4v) is 2.14. The molecule has 2 aromatic carbocycles. The number of hydrogen-bond donors (Lipinski definition) is 2. The van der Waals surface area contributed by atoms with Crippen molar-refractivity contribution in [2.24, 2.45) is 0 Å². The standard InChI is InChI=1S/C14H14BrFN2O/c1-2-19-14-6-4-10(8-12(14)16)18-13-5-3-9(17)7-11(13)15/h3-8,18H,2,17H2,1H3. The number of hydrogen-bond acceptors (Lipinski definition) is 3. The van der Waals surface area contributed by atoms with Crippen LogP contribution in [0.4, 0.5) is 21.5 Å². The first kappa shape index (κ1) is 13.7. The quantitative estimate of drug-likeness (QED) is 0.824. The molecule has 0 aliphatic heterocycles. The maximum Gasteiger partial charge on any atom is 0.167 e. The third kappa shape index (κ3) is 3.38. The summed E-state index contributed by atoms with van der Waals surface area (Å²) in [6, 6.07) is 10.1. The Morgan fingerprint density at radius 2 is 2.05 bits per heavy atom. The lowest BCUT2D eigenvalue weighted by molar-refractivity contribution is 0.321. The highest BCUT2D eigenvalue weighted by atomic mass is 79.9. The number of rotatable bonds is 4. The average molecular weight is 325 g/mol. The van der Waals surface area contributed by atoms with E-state index in [1.165, 1.54) is 6.07 Å². The highest BCUT2D eigenvalue weighted by Crippen LogP contribution is 2.29. The lowest BCUT2D eigenvalue weighted by Crippen LogP contribution is -1.97. The van der Waals surface area contributed by atoms with E-state index in [9.17, 15) is 4.39 Å². The van der Waals surface area contributed by atoms with Gasteiger partial charge in [0.1, 0.15) is 0 Å². The first-order valence-electron chi connectivity index (χ1n) is 5.84. The molecule has 0 saturated heterocycles. The zero-order chi connectivity index (χ0) is 13.8. The summed E-state index contributed by atoms with van der Waals surface area (Å²) in [7, 11) is 0. The number of nitrogen functional groups attached to an aromatic ring is 1. The van der Waals surface area contributed by atoms with Crippen LogP contribution in [-0.2, 0) is 0 Å². The summed E-state index contributed by atoms with van der Waals surface area (Å²) >= 11 is 3.40. The van der Waals surface area contributed by atoms with E-state index in [4.69, 9.17) is 10.5 Å². The topological polar surface area (TPSA) is 47.3 Å². The van der Waals surface area contributed by atoms with Crippen LogP contribution in [-0.4, -0.2) is 6.61 Å². The second-order valence-corrected chi connectivity index (χ2v) is 4.80. The molecule has 0 saturated carbocycles. The lowest BCUT2D eigenvalue weighted by Gasteiger charge is -2.11. The Balaban J connectivity index is 2.21. The number of anilines is 3. The van der Waals surface area contributed by atoms with Gasteiger partial charge in [-0.3, -0.25) is 0 Å². The van der Waals surface area contributed by atoms with E-state index in [0.29, 0.717) is 18.0 Å². The number of halogens is 2. The van der Waals surface area contributed by atoms with Crippen molar-refractivity contribution >= 4 is 33.0 Å². The number of nitrogens with one attached hydrogen (secondary N) is 1. The van der Waals surface area contributed by atoms with Gasteiger partial charge in [-0.15, -0.1) is 0 Å². The molecular formula is C14H14BrFN2O. The summed E-state index contributed by atoms with van der Waals surface area (Å²) in [6.45, 7) is 2.25. The van der Waals surface area contributed by atoms with Crippen molar-refractivity contribution in [2.75, 3.05) is 17.7 Å². The first-order valence-corrected chi connectivity index (χ1v) is 6.64. The molecule has 0 aliphatic rings. The van der Waals surface area contributed by atoms with E-state index in [1.54, 1.807) is 24.3 Å². The molecule has 3 N–H and O–H groups in total. The summed E-state index contributed by atoms with van der Waals surface area (Å²) in [5.41, 5.74) is 7.79. The van der Waals surface area contributed by atoms with Crippen LogP contribution in [0.1, 0.15) is 6.92 Å². The number of ether oxygens (including phenoxy) is 1. The smallest absolute Gasteiger partial charge is 0.167 e. The van der Waals surface area contributed by atoms with Gasteiger partial charge in [0, 0.05) is 21.9 Å². The monoisotopic (exact) mass is 324 g/mol. The van der Waals surface area contributed by atoms with Crippen LogP contribution >= 0.6 is 15.9 Å². The molecule has 0 spiro atoms. The zero-order valence-corrected chi connectivity index (χ0v) is 12.0. The van der Waals surface area contributed by atoms with E-state index in [0.717, 1.165) is 10.2 Å². The molecule has 0 heterocycles. The second kappa shape index (κ2) is 5.93. The molecule has 0 amide bonds. The minimum Gasteiger partial charge on any atom is -0.491 e. The minimum atomic E-state index is -0.390. The Hall–Kier alpha value is -1.75. The molecule has 2 rings (SSSR count). The first-order chi connectivity index (χ1) is 9.10. The zero-order valence-electron chi connectivity index (χ0n) is 10.4. The van der Waals surface area contributed by atoms with Crippen molar-refractivity contribution in [2.45, 2.75) is 6.92 Å². The second-order valence-electron chi connectivity index (χ2n) is 3.94. The third-order valence-electron chi connectivity index (χ3n) is 2.50. The summed E-state index contributed by atoms with van der Waals surface area (Å²) in [5, 5.41) is 3.11. The molecule has 19 heavy (non-hydrogen) atoms. The molecule has 5 heteroatoms. The van der Waals surface area contributed by atoms with Crippen LogP contribution in [0, 0.1) is 5.82 Å². The maximum absolute atomic E-state index is 13.7. The Morgan fingerprint density at radius 3 is 2.68 bits per heavy atom. The van der Waals surface area contributed by atoms with Gasteiger partial charge < -0.3 is 15.8 Å². The van der Waals surface area contributed by atoms with Crippen LogP contribution < -0.4 is 15.8 Å². The van der Waals surface area contributed by atoms with Gasteiger partial charge in [0.15, 0.2) is 11.6 Å². The Kier molecular flexibility index (Phi) is 4.27. The molecule has 0 atom stereocenters. The van der Waals surface area contributed by atoms with E-state index in [2.05, 4.69) is 21.2 Å². The predicted octanol–water partition coefficient (Wildman–Crippen LogP) is 4.31. The van der Waals surface area contributed by atoms with Crippen molar-refractivity contribution in [1.29, 1.82) is 0 Å². The van der Waals surface area contributed by atoms with Crippen LogP contribution in [0.5, 0.6) is 5.75 Å². The number of nitrogens with two attached hydrogens (primary N) is 1. The summed E-state index contributed by atoms with van der Waals surface area (Å²) in [6.07, 6.45) is 0. The maximum atomic E-state index is 13.7. The SMILES string of the molecule is CCOc1ccc(Nc2ccc(N)cc2Br)cc1F. The highest BCUT2D eigenvalue weighted by Gasteiger charge is 2.06. The summed E-state index contributed by atoms with van der Waals surface area (Å²) in [5.74, 6) is -0.136. The minimum absolute atomic E-state index is 0.254. The fourth-order valence-electron chi connectivity index (χ4n) is 1.64. The molecular weight excluding hydrogens is 311 g/mol. The van der Waals surface area contributed by atoms with E-state index < -0.39 is 5.82 Å². The van der Waals surface area contributed by atoms with Gasteiger partial charge in [-0.2, -0.15) is 0 Å².